The maximum absolute atomic E-state index is 4.79. The molecule has 1 atom stereocenters. The lowest BCUT2D eigenvalue weighted by molar-refractivity contribution is 0.196. The summed E-state index contributed by atoms with van der Waals surface area (Å²) in [5.74, 6) is 1.16. The van der Waals surface area contributed by atoms with Crippen LogP contribution in [0, 0.1) is 0 Å². The smallest absolute Gasteiger partial charge is 0.159 e. The third-order valence-corrected chi connectivity index (χ3v) is 3.92. The molecule has 2 aromatic heterocycles. The van der Waals surface area contributed by atoms with Crippen molar-refractivity contribution < 1.29 is 0 Å². The number of pyridine rings is 1. The molecule has 0 aromatic carbocycles. The molecule has 0 N–H and O–H groups in total. The van der Waals surface area contributed by atoms with Crippen LogP contribution in [0.15, 0.2) is 18.3 Å². The Balaban J connectivity index is 2.06. The summed E-state index contributed by atoms with van der Waals surface area (Å²) in [5.41, 5.74) is 1.99. The molecule has 3 heterocycles. The van der Waals surface area contributed by atoms with Gasteiger partial charge in [0.05, 0.1) is 6.04 Å². The maximum atomic E-state index is 4.79. The summed E-state index contributed by atoms with van der Waals surface area (Å²) in [6, 6.07) is 5.02. The zero-order valence-corrected chi connectivity index (χ0v) is 11.3. The van der Waals surface area contributed by atoms with Gasteiger partial charge in [0, 0.05) is 19.3 Å². The van der Waals surface area contributed by atoms with Crippen LogP contribution in [-0.2, 0) is 7.05 Å². The van der Waals surface area contributed by atoms with E-state index in [2.05, 4.69) is 35.3 Å². The molecular weight excluding hydrogens is 224 g/mol. The molecule has 3 rings (SSSR count). The van der Waals surface area contributed by atoms with Crippen LogP contribution in [0.1, 0.15) is 38.6 Å². The molecule has 1 saturated heterocycles. The monoisotopic (exact) mass is 244 g/mol. The van der Waals surface area contributed by atoms with Crippen molar-refractivity contribution in [2.45, 2.75) is 38.8 Å². The summed E-state index contributed by atoms with van der Waals surface area (Å²) < 4.78 is 2.15. The van der Waals surface area contributed by atoms with Crippen molar-refractivity contribution in [2.24, 2.45) is 7.05 Å². The first-order valence-electron chi connectivity index (χ1n) is 6.71. The highest BCUT2D eigenvalue weighted by atomic mass is 15.2. The molecule has 96 valence electrons. The molecule has 18 heavy (non-hydrogen) atoms. The molecule has 1 fully saturated rings. The van der Waals surface area contributed by atoms with Gasteiger partial charge in [-0.05, 0) is 45.4 Å². The molecule has 1 unspecified atom stereocenters. The van der Waals surface area contributed by atoms with E-state index in [9.17, 15) is 0 Å². The maximum Gasteiger partial charge on any atom is 0.159 e. The average molecular weight is 244 g/mol. The fourth-order valence-corrected chi connectivity index (χ4v) is 3.02. The largest absolute Gasteiger partial charge is 0.315 e. The fraction of sp³-hybridized carbons (Fsp3) is 0.571. The van der Waals surface area contributed by atoms with E-state index in [-0.39, 0.29) is 0 Å². The molecule has 2 aromatic rings. The number of nitrogens with zero attached hydrogens (tertiary/aromatic N) is 4. The van der Waals surface area contributed by atoms with Gasteiger partial charge < -0.3 is 4.57 Å². The minimum absolute atomic E-state index is 0.448. The number of aryl methyl sites for hydroxylation is 1. The molecule has 1 aliphatic rings. The molecule has 1 aliphatic heterocycles. The normalized spacial score (nSPS) is 21.2. The minimum Gasteiger partial charge on any atom is -0.315 e. The SMILES string of the molecule is CC(C)N1CCCC1c1nc2cccnc2n1C. The molecule has 4 heteroatoms. The number of likely N-dealkylation sites (tertiary alicyclic amines) is 1. The second kappa shape index (κ2) is 4.35. The zero-order chi connectivity index (χ0) is 12.7. The Morgan fingerprint density at radius 2 is 2.22 bits per heavy atom. The van der Waals surface area contributed by atoms with E-state index in [1.807, 2.05) is 18.3 Å². The van der Waals surface area contributed by atoms with Crippen LogP contribution in [0.4, 0.5) is 0 Å². The highest BCUT2D eigenvalue weighted by Gasteiger charge is 2.31. The van der Waals surface area contributed by atoms with Gasteiger partial charge in [-0.3, -0.25) is 4.90 Å². The summed E-state index contributed by atoms with van der Waals surface area (Å²) in [5, 5.41) is 0. The number of hydrogen-bond donors (Lipinski definition) is 0. The van der Waals surface area contributed by atoms with Gasteiger partial charge >= 0.3 is 0 Å². The number of hydrogen-bond acceptors (Lipinski definition) is 3. The quantitative estimate of drug-likeness (QED) is 0.814. The van der Waals surface area contributed by atoms with E-state index >= 15 is 0 Å². The summed E-state index contributed by atoms with van der Waals surface area (Å²) in [7, 11) is 2.08. The lowest BCUT2D eigenvalue weighted by atomic mass is 10.2. The molecule has 0 spiro atoms. The summed E-state index contributed by atoms with van der Waals surface area (Å²) in [6.45, 7) is 5.71. The van der Waals surface area contributed by atoms with Gasteiger partial charge in [-0.25, -0.2) is 9.97 Å². The van der Waals surface area contributed by atoms with Crippen molar-refractivity contribution in [3.8, 4) is 0 Å². The second-order valence-electron chi connectivity index (χ2n) is 5.36. The predicted molar refractivity (Wildman–Crippen MR) is 72.3 cm³/mol. The van der Waals surface area contributed by atoms with Gasteiger partial charge in [0.15, 0.2) is 5.65 Å². The highest BCUT2D eigenvalue weighted by molar-refractivity contribution is 5.71. The molecule has 0 radical (unpaired) electrons. The Bertz CT molecular complexity index is 558. The van der Waals surface area contributed by atoms with Crippen molar-refractivity contribution in [3.05, 3.63) is 24.2 Å². The second-order valence-corrected chi connectivity index (χ2v) is 5.36. The standard InChI is InChI=1S/C14H20N4/c1-10(2)18-9-5-7-12(18)14-16-11-6-4-8-15-13(11)17(14)3/h4,6,8,10,12H,5,7,9H2,1-3H3. The minimum atomic E-state index is 0.448. The third-order valence-electron chi connectivity index (χ3n) is 3.92. The van der Waals surface area contributed by atoms with Crippen molar-refractivity contribution in [3.63, 3.8) is 0 Å². The van der Waals surface area contributed by atoms with Gasteiger partial charge in [0.2, 0.25) is 0 Å². The third kappa shape index (κ3) is 1.72. The van der Waals surface area contributed by atoms with Crippen LogP contribution in [-0.4, -0.2) is 32.0 Å². The average Bonchev–Trinajstić information content (AvgIpc) is 2.94. The van der Waals surface area contributed by atoms with E-state index in [1.165, 1.54) is 19.4 Å². The van der Waals surface area contributed by atoms with Gasteiger partial charge in [-0.2, -0.15) is 0 Å². The van der Waals surface area contributed by atoms with E-state index in [1.54, 1.807) is 0 Å². The predicted octanol–water partition coefficient (Wildman–Crippen LogP) is 2.51. The van der Waals surface area contributed by atoms with Crippen LogP contribution in [0.5, 0.6) is 0 Å². The summed E-state index contributed by atoms with van der Waals surface area (Å²) in [6.07, 6.45) is 4.30. The van der Waals surface area contributed by atoms with Gasteiger partial charge in [0.1, 0.15) is 11.3 Å². The summed E-state index contributed by atoms with van der Waals surface area (Å²) >= 11 is 0. The number of imidazole rings is 1. The van der Waals surface area contributed by atoms with Gasteiger partial charge in [-0.1, -0.05) is 0 Å². The van der Waals surface area contributed by atoms with Gasteiger partial charge in [0.25, 0.3) is 0 Å². The highest BCUT2D eigenvalue weighted by Crippen LogP contribution is 2.33. The van der Waals surface area contributed by atoms with E-state index in [0.29, 0.717) is 12.1 Å². The zero-order valence-electron chi connectivity index (χ0n) is 11.3. The lowest BCUT2D eigenvalue weighted by Gasteiger charge is -2.27. The molecule has 0 saturated carbocycles. The van der Waals surface area contributed by atoms with E-state index in [0.717, 1.165) is 17.0 Å². The Morgan fingerprint density at radius 3 is 2.94 bits per heavy atom. The van der Waals surface area contributed by atoms with Crippen LogP contribution >= 0.6 is 0 Å². The first-order chi connectivity index (χ1) is 8.68. The molecule has 0 bridgehead atoms. The summed E-state index contributed by atoms with van der Waals surface area (Å²) in [4.78, 5) is 11.8. The molecule has 0 amide bonds. The van der Waals surface area contributed by atoms with E-state index < -0.39 is 0 Å². The topological polar surface area (TPSA) is 34.0 Å². The number of rotatable bonds is 2. The van der Waals surface area contributed by atoms with Crippen molar-refractivity contribution in [1.82, 2.24) is 19.4 Å². The van der Waals surface area contributed by atoms with Crippen molar-refractivity contribution in [2.75, 3.05) is 6.54 Å². The number of fused-ring (bicyclic) bond motifs is 1. The Kier molecular flexibility index (Phi) is 2.82. The Morgan fingerprint density at radius 1 is 1.39 bits per heavy atom. The first-order valence-corrected chi connectivity index (χ1v) is 6.71. The first kappa shape index (κ1) is 11.7. The Labute approximate surface area is 108 Å². The van der Waals surface area contributed by atoms with Crippen LogP contribution < -0.4 is 0 Å². The molecule has 4 nitrogen and oxygen atoms in total. The van der Waals surface area contributed by atoms with Crippen molar-refractivity contribution >= 4 is 11.2 Å². The van der Waals surface area contributed by atoms with Crippen LogP contribution in [0.2, 0.25) is 0 Å². The fourth-order valence-electron chi connectivity index (χ4n) is 3.02. The van der Waals surface area contributed by atoms with Crippen LogP contribution in [0.25, 0.3) is 11.2 Å². The van der Waals surface area contributed by atoms with Gasteiger partial charge in [-0.15, -0.1) is 0 Å². The molecular formula is C14H20N4. The van der Waals surface area contributed by atoms with Crippen molar-refractivity contribution in [1.29, 1.82) is 0 Å². The number of aromatic nitrogens is 3. The Hall–Kier alpha value is -1.42. The lowest BCUT2D eigenvalue weighted by Crippen LogP contribution is -2.31. The van der Waals surface area contributed by atoms with E-state index in [4.69, 9.17) is 4.98 Å². The molecule has 0 aliphatic carbocycles. The van der Waals surface area contributed by atoms with Crippen LogP contribution in [0.3, 0.4) is 0 Å².